The molecule has 1 aliphatic heterocycles. The Morgan fingerprint density at radius 2 is 2.33 bits per heavy atom. The fourth-order valence-corrected chi connectivity index (χ4v) is 2.61. The van der Waals surface area contributed by atoms with Crippen LogP contribution < -0.4 is 10.6 Å². The molecular weight excluding hydrogens is 228 g/mol. The highest BCUT2D eigenvalue weighted by Gasteiger charge is 2.36. The minimum atomic E-state index is 0.171. The summed E-state index contributed by atoms with van der Waals surface area (Å²) in [5.41, 5.74) is 0. The molecule has 0 spiro atoms. The third-order valence-corrected chi connectivity index (χ3v) is 3.93. The average molecular weight is 248 g/mol. The topological polar surface area (TPSA) is 54.3 Å². The van der Waals surface area contributed by atoms with Crippen LogP contribution >= 0.6 is 0 Å². The van der Waals surface area contributed by atoms with Gasteiger partial charge in [-0.3, -0.25) is 4.79 Å². The van der Waals surface area contributed by atoms with Crippen molar-refractivity contribution in [3.8, 4) is 0 Å². The number of carbonyl (C=O) groups excluding carboxylic acids is 1. The molecule has 18 heavy (non-hydrogen) atoms. The highest BCUT2D eigenvalue weighted by molar-refractivity contribution is 5.78. The Morgan fingerprint density at radius 3 is 3.00 bits per heavy atom. The Kier molecular flexibility index (Phi) is 3.12. The summed E-state index contributed by atoms with van der Waals surface area (Å²) in [5, 5.41) is 6.29. The van der Waals surface area contributed by atoms with Gasteiger partial charge in [-0.15, -0.1) is 0 Å². The standard InChI is InChI=1S/C14H20N2O2/c1-9-6-12(9)13-4-3-11(18-13)8-15-7-10-2-5-14(17)16-10/h3-4,9-10,12,15H,2,5-8H2,1H3,(H,16,17). The van der Waals surface area contributed by atoms with Crippen LogP contribution in [0, 0.1) is 5.92 Å². The van der Waals surface area contributed by atoms with Crippen LogP contribution in [-0.2, 0) is 11.3 Å². The second-order valence-corrected chi connectivity index (χ2v) is 5.56. The first-order valence-electron chi connectivity index (χ1n) is 6.81. The van der Waals surface area contributed by atoms with E-state index in [4.69, 9.17) is 4.42 Å². The molecule has 2 heterocycles. The van der Waals surface area contributed by atoms with Crippen LogP contribution in [0.5, 0.6) is 0 Å². The predicted molar refractivity (Wildman–Crippen MR) is 68.1 cm³/mol. The molecule has 2 fully saturated rings. The van der Waals surface area contributed by atoms with Crippen LogP contribution in [0.15, 0.2) is 16.5 Å². The van der Waals surface area contributed by atoms with Crippen molar-refractivity contribution >= 4 is 5.91 Å². The van der Waals surface area contributed by atoms with E-state index in [0.717, 1.165) is 36.9 Å². The van der Waals surface area contributed by atoms with Crippen LogP contribution in [0.4, 0.5) is 0 Å². The molecule has 3 atom stereocenters. The van der Waals surface area contributed by atoms with Crippen molar-refractivity contribution in [2.75, 3.05) is 6.54 Å². The summed E-state index contributed by atoms with van der Waals surface area (Å²) in [7, 11) is 0. The molecule has 2 aliphatic rings. The molecule has 0 radical (unpaired) electrons. The summed E-state index contributed by atoms with van der Waals surface area (Å²) in [5.74, 6) is 3.73. The van der Waals surface area contributed by atoms with Crippen molar-refractivity contribution < 1.29 is 9.21 Å². The minimum absolute atomic E-state index is 0.171. The summed E-state index contributed by atoms with van der Waals surface area (Å²) < 4.78 is 5.81. The zero-order valence-electron chi connectivity index (χ0n) is 10.7. The highest BCUT2D eigenvalue weighted by atomic mass is 16.3. The van der Waals surface area contributed by atoms with Crippen LogP contribution in [0.2, 0.25) is 0 Å². The molecule has 98 valence electrons. The minimum Gasteiger partial charge on any atom is -0.464 e. The lowest BCUT2D eigenvalue weighted by molar-refractivity contribution is -0.119. The van der Waals surface area contributed by atoms with Gasteiger partial charge in [-0.25, -0.2) is 0 Å². The fourth-order valence-electron chi connectivity index (χ4n) is 2.61. The Hall–Kier alpha value is -1.29. The number of furan rings is 1. The quantitative estimate of drug-likeness (QED) is 0.835. The molecule has 2 N–H and O–H groups in total. The number of nitrogens with one attached hydrogen (secondary N) is 2. The van der Waals surface area contributed by atoms with Crippen molar-refractivity contribution in [3.63, 3.8) is 0 Å². The molecule has 1 saturated carbocycles. The molecule has 1 aromatic heterocycles. The smallest absolute Gasteiger partial charge is 0.220 e. The van der Waals surface area contributed by atoms with E-state index in [1.54, 1.807) is 0 Å². The highest BCUT2D eigenvalue weighted by Crippen LogP contribution is 2.47. The predicted octanol–water partition coefficient (Wildman–Crippen LogP) is 1.77. The van der Waals surface area contributed by atoms with Gasteiger partial charge in [-0.05, 0) is 30.9 Å². The summed E-state index contributed by atoms with van der Waals surface area (Å²) in [4.78, 5) is 11.0. The van der Waals surface area contributed by atoms with Gasteiger partial charge in [0.05, 0.1) is 6.54 Å². The molecule has 0 bridgehead atoms. The van der Waals surface area contributed by atoms with Gasteiger partial charge in [0.15, 0.2) is 0 Å². The maximum Gasteiger partial charge on any atom is 0.220 e. The molecule has 1 amide bonds. The van der Waals surface area contributed by atoms with E-state index in [9.17, 15) is 4.79 Å². The van der Waals surface area contributed by atoms with Gasteiger partial charge in [0, 0.05) is 24.9 Å². The number of hydrogen-bond donors (Lipinski definition) is 2. The number of hydrogen-bond acceptors (Lipinski definition) is 3. The van der Waals surface area contributed by atoms with Crippen LogP contribution in [0.3, 0.4) is 0 Å². The fraction of sp³-hybridized carbons (Fsp3) is 0.643. The summed E-state index contributed by atoms with van der Waals surface area (Å²) in [6, 6.07) is 4.44. The first-order chi connectivity index (χ1) is 8.72. The number of rotatable bonds is 5. The zero-order valence-corrected chi connectivity index (χ0v) is 10.7. The number of amides is 1. The first-order valence-corrected chi connectivity index (χ1v) is 6.81. The van der Waals surface area contributed by atoms with E-state index < -0.39 is 0 Å². The van der Waals surface area contributed by atoms with Crippen LogP contribution in [0.25, 0.3) is 0 Å². The average Bonchev–Trinajstić information content (AvgIpc) is 2.79. The first kappa shape index (κ1) is 11.8. The van der Waals surface area contributed by atoms with E-state index in [2.05, 4.69) is 29.7 Å². The SMILES string of the molecule is CC1CC1c1ccc(CNCC2CCC(=O)N2)o1. The molecule has 4 nitrogen and oxygen atoms in total. The number of carbonyl (C=O) groups is 1. The van der Waals surface area contributed by atoms with Gasteiger partial charge in [-0.1, -0.05) is 6.92 Å². The molecule has 3 unspecified atom stereocenters. The van der Waals surface area contributed by atoms with Gasteiger partial charge in [0.2, 0.25) is 5.91 Å². The van der Waals surface area contributed by atoms with E-state index in [-0.39, 0.29) is 11.9 Å². The van der Waals surface area contributed by atoms with E-state index >= 15 is 0 Å². The van der Waals surface area contributed by atoms with Gasteiger partial charge in [-0.2, -0.15) is 0 Å². The largest absolute Gasteiger partial charge is 0.464 e. The maximum atomic E-state index is 11.0. The van der Waals surface area contributed by atoms with Crippen LogP contribution in [-0.4, -0.2) is 18.5 Å². The van der Waals surface area contributed by atoms with E-state index in [1.807, 2.05) is 0 Å². The Labute approximate surface area is 107 Å². The molecule has 1 aliphatic carbocycles. The summed E-state index contributed by atoms with van der Waals surface area (Å²) >= 11 is 0. The molecule has 4 heteroatoms. The van der Waals surface area contributed by atoms with Gasteiger partial charge < -0.3 is 15.1 Å². The molecule has 1 saturated heterocycles. The normalized spacial score (nSPS) is 30.5. The Bertz CT molecular complexity index is 441. The Morgan fingerprint density at radius 1 is 1.50 bits per heavy atom. The Balaban J connectivity index is 1.43. The third-order valence-electron chi connectivity index (χ3n) is 3.93. The second-order valence-electron chi connectivity index (χ2n) is 5.56. The van der Waals surface area contributed by atoms with Gasteiger partial charge in [0.25, 0.3) is 0 Å². The van der Waals surface area contributed by atoms with E-state index in [0.29, 0.717) is 12.3 Å². The molecule has 1 aromatic rings. The monoisotopic (exact) mass is 248 g/mol. The van der Waals surface area contributed by atoms with Crippen molar-refractivity contribution in [1.29, 1.82) is 0 Å². The molecule has 3 rings (SSSR count). The zero-order chi connectivity index (χ0) is 12.5. The lowest BCUT2D eigenvalue weighted by atomic mass is 10.2. The van der Waals surface area contributed by atoms with Crippen molar-refractivity contribution in [3.05, 3.63) is 23.7 Å². The molecule has 0 aromatic carbocycles. The second kappa shape index (κ2) is 4.76. The van der Waals surface area contributed by atoms with E-state index in [1.165, 1.54) is 6.42 Å². The lowest BCUT2D eigenvalue weighted by Gasteiger charge is -2.09. The van der Waals surface area contributed by atoms with Crippen molar-refractivity contribution in [1.82, 2.24) is 10.6 Å². The lowest BCUT2D eigenvalue weighted by Crippen LogP contribution is -2.35. The molecular formula is C14H20N2O2. The third kappa shape index (κ3) is 2.58. The van der Waals surface area contributed by atoms with Crippen molar-refractivity contribution in [2.45, 2.75) is 44.7 Å². The van der Waals surface area contributed by atoms with Gasteiger partial charge >= 0.3 is 0 Å². The summed E-state index contributed by atoms with van der Waals surface area (Å²) in [6.45, 7) is 3.82. The van der Waals surface area contributed by atoms with Gasteiger partial charge in [0.1, 0.15) is 11.5 Å². The maximum absolute atomic E-state index is 11.0. The van der Waals surface area contributed by atoms with Crippen LogP contribution in [0.1, 0.15) is 43.6 Å². The summed E-state index contributed by atoms with van der Waals surface area (Å²) in [6.07, 6.45) is 2.86. The van der Waals surface area contributed by atoms with Crippen molar-refractivity contribution in [2.24, 2.45) is 5.92 Å².